The van der Waals surface area contributed by atoms with Crippen LogP contribution in [-0.4, -0.2) is 11.3 Å². The summed E-state index contributed by atoms with van der Waals surface area (Å²) in [6, 6.07) is 7.73. The van der Waals surface area contributed by atoms with Crippen molar-refractivity contribution in [2.45, 2.75) is 0 Å². The molecule has 2 heteroatoms. The van der Waals surface area contributed by atoms with Gasteiger partial charge in [-0.3, -0.25) is 4.79 Å². The molecule has 0 atom stereocenters. The molecule has 54 valence electrons. The average molecular weight is 146 g/mol. The monoisotopic (exact) mass is 146 g/mol. The third-order valence-electron chi connectivity index (χ3n) is 1.75. The van der Waals surface area contributed by atoms with E-state index in [1.165, 1.54) is 0 Å². The van der Waals surface area contributed by atoms with Crippen LogP contribution in [0.5, 0.6) is 0 Å². The van der Waals surface area contributed by atoms with E-state index in [4.69, 9.17) is 0 Å². The molecule has 1 aromatic carbocycles. The number of carbonyl (C=O) groups excluding carboxylic acids is 1. The first-order chi connectivity index (χ1) is 5.42. The number of carbonyl (C=O) groups is 1. The molecular weight excluding hydrogens is 138 g/mol. The van der Waals surface area contributed by atoms with Gasteiger partial charge < -0.3 is 4.98 Å². The van der Waals surface area contributed by atoms with Crippen molar-refractivity contribution < 1.29 is 6.22 Å². The van der Waals surface area contributed by atoms with E-state index in [-0.39, 0.29) is 1.43 Å². The van der Waals surface area contributed by atoms with E-state index in [0.717, 1.165) is 22.8 Å². The van der Waals surface area contributed by atoms with Crippen LogP contribution in [0.1, 0.15) is 11.8 Å². The molecule has 0 spiro atoms. The number of rotatable bonds is 1. The number of benzene rings is 1. The smallest absolute Gasteiger partial charge is 0.360 e. The highest BCUT2D eigenvalue weighted by Gasteiger charge is 1.98. The maximum absolute atomic E-state index is 10.5. The van der Waals surface area contributed by atoms with Crippen LogP contribution in [-0.2, 0) is 0 Å². The summed E-state index contributed by atoms with van der Waals surface area (Å²) in [5, 5.41) is 0.988. The highest BCUT2D eigenvalue weighted by Crippen LogP contribution is 2.14. The van der Waals surface area contributed by atoms with Gasteiger partial charge in [0.25, 0.3) is 0 Å². The molecule has 0 fully saturated rings. The summed E-state index contributed by atoms with van der Waals surface area (Å²) in [6.45, 7) is 0. The predicted octanol–water partition coefficient (Wildman–Crippen LogP) is 2.09. The highest BCUT2D eigenvalue weighted by atomic mass is 16.1. The van der Waals surface area contributed by atoms with Gasteiger partial charge >= 0.3 is 1.43 Å². The molecule has 11 heavy (non-hydrogen) atoms. The van der Waals surface area contributed by atoms with Crippen molar-refractivity contribution in [2.75, 3.05) is 0 Å². The van der Waals surface area contributed by atoms with E-state index in [1.807, 2.05) is 24.3 Å². The van der Waals surface area contributed by atoms with Crippen molar-refractivity contribution in [3.63, 3.8) is 0 Å². The van der Waals surface area contributed by atoms with Gasteiger partial charge in [-0.15, -0.1) is 0 Å². The summed E-state index contributed by atoms with van der Waals surface area (Å²) in [7, 11) is 0. The Bertz CT molecular complexity index is 394. The van der Waals surface area contributed by atoms with E-state index >= 15 is 0 Å². The van der Waals surface area contributed by atoms with E-state index in [2.05, 4.69) is 4.98 Å². The summed E-state index contributed by atoms with van der Waals surface area (Å²) in [4.78, 5) is 13.5. The number of aromatic amines is 1. The van der Waals surface area contributed by atoms with Gasteiger partial charge in [-0.1, -0.05) is 18.2 Å². The second-order valence-corrected chi connectivity index (χ2v) is 2.41. The van der Waals surface area contributed by atoms with E-state index in [9.17, 15) is 4.79 Å². The largest absolute Gasteiger partial charge is 1.00 e. The Kier molecular flexibility index (Phi) is 1.25. The lowest BCUT2D eigenvalue weighted by Crippen LogP contribution is -1.72. The normalized spacial score (nSPS) is 10.2. The molecule has 0 radical (unpaired) electrons. The summed E-state index contributed by atoms with van der Waals surface area (Å²) < 4.78 is 0. The first kappa shape index (κ1) is 6.16. The molecule has 2 rings (SSSR count). The molecule has 0 bridgehead atoms. The number of H-pyrrole nitrogens is 1. The van der Waals surface area contributed by atoms with Crippen molar-refractivity contribution >= 4 is 17.2 Å². The topological polar surface area (TPSA) is 32.9 Å². The van der Waals surface area contributed by atoms with Crippen LogP contribution in [0.4, 0.5) is 0 Å². The number of hydrogen-bond acceptors (Lipinski definition) is 1. The van der Waals surface area contributed by atoms with Crippen LogP contribution in [0.2, 0.25) is 0 Å². The summed E-state index contributed by atoms with van der Waals surface area (Å²) in [6.07, 6.45) is 2.58. The molecule has 0 aliphatic carbocycles. The lowest BCUT2D eigenvalue weighted by Gasteiger charge is -1.86. The zero-order valence-electron chi connectivity index (χ0n) is 6.87. The molecular formula is C9H8NO+. The molecule has 0 amide bonds. The first-order valence-electron chi connectivity index (χ1n) is 3.43. The van der Waals surface area contributed by atoms with Crippen LogP contribution in [0, 0.1) is 0 Å². The first-order valence-corrected chi connectivity index (χ1v) is 3.43. The maximum Gasteiger partial charge on any atom is 1.00 e. The Hall–Kier alpha value is -1.57. The van der Waals surface area contributed by atoms with Crippen LogP contribution < -0.4 is 0 Å². The quantitative estimate of drug-likeness (QED) is 0.614. The molecule has 2 nitrogen and oxygen atoms in total. The molecule has 0 aliphatic heterocycles. The van der Waals surface area contributed by atoms with Gasteiger partial charge in [-0.2, -0.15) is 0 Å². The van der Waals surface area contributed by atoms with Gasteiger partial charge in [-0.05, 0) is 6.07 Å². The lowest BCUT2D eigenvalue weighted by molar-refractivity contribution is 0.112. The maximum atomic E-state index is 10.5. The van der Waals surface area contributed by atoms with Crippen LogP contribution in [0.3, 0.4) is 0 Å². The Morgan fingerprint density at radius 3 is 3.00 bits per heavy atom. The lowest BCUT2D eigenvalue weighted by atomic mass is 10.2. The average Bonchev–Trinajstić information content (AvgIpc) is 2.47. The fourth-order valence-electron chi connectivity index (χ4n) is 1.19. The highest BCUT2D eigenvalue weighted by molar-refractivity contribution is 5.96. The summed E-state index contributed by atoms with van der Waals surface area (Å²) in [5.41, 5.74) is 1.73. The number of aromatic nitrogens is 1. The summed E-state index contributed by atoms with van der Waals surface area (Å²) >= 11 is 0. The summed E-state index contributed by atoms with van der Waals surface area (Å²) in [5.74, 6) is 0. The van der Waals surface area contributed by atoms with Gasteiger partial charge in [0.1, 0.15) is 0 Å². The minimum Gasteiger partial charge on any atom is -0.360 e. The Labute approximate surface area is 65.3 Å². The van der Waals surface area contributed by atoms with Crippen LogP contribution in [0.15, 0.2) is 30.5 Å². The van der Waals surface area contributed by atoms with Gasteiger partial charge in [-0.25, -0.2) is 0 Å². The second kappa shape index (κ2) is 2.23. The van der Waals surface area contributed by atoms with Crippen LogP contribution >= 0.6 is 0 Å². The van der Waals surface area contributed by atoms with Gasteiger partial charge in [0, 0.05) is 22.7 Å². The van der Waals surface area contributed by atoms with Gasteiger partial charge in [0.05, 0.1) is 0 Å². The fraction of sp³-hybridized carbons (Fsp3) is 0. The van der Waals surface area contributed by atoms with Crippen molar-refractivity contribution in [3.8, 4) is 0 Å². The minimum atomic E-state index is 0. The zero-order chi connectivity index (χ0) is 7.68. The molecule has 2 aromatic rings. The van der Waals surface area contributed by atoms with Crippen molar-refractivity contribution in [1.29, 1.82) is 0 Å². The number of para-hydroxylation sites is 1. The zero-order valence-corrected chi connectivity index (χ0v) is 5.87. The molecule has 1 N–H and O–H groups in total. The SMILES string of the molecule is O=Cc1c[nH]c2ccccc12.[H+]. The molecule has 1 aromatic heterocycles. The Morgan fingerprint density at radius 2 is 2.18 bits per heavy atom. The van der Waals surface area contributed by atoms with E-state index in [1.54, 1.807) is 6.20 Å². The van der Waals surface area contributed by atoms with Crippen molar-refractivity contribution in [3.05, 3.63) is 36.0 Å². The van der Waals surface area contributed by atoms with Crippen molar-refractivity contribution in [2.24, 2.45) is 0 Å². The number of nitrogens with one attached hydrogen (secondary N) is 1. The Balaban J connectivity index is 0.000000720. The Morgan fingerprint density at radius 1 is 1.36 bits per heavy atom. The van der Waals surface area contributed by atoms with E-state index < -0.39 is 0 Å². The van der Waals surface area contributed by atoms with Gasteiger partial charge in [0.2, 0.25) is 0 Å². The minimum absolute atomic E-state index is 0. The molecule has 0 aliphatic rings. The molecule has 1 heterocycles. The fourth-order valence-corrected chi connectivity index (χ4v) is 1.19. The number of hydrogen-bond donors (Lipinski definition) is 1. The third-order valence-corrected chi connectivity index (χ3v) is 1.75. The number of aldehydes is 1. The van der Waals surface area contributed by atoms with Crippen molar-refractivity contribution in [1.82, 2.24) is 4.98 Å². The second-order valence-electron chi connectivity index (χ2n) is 2.41. The molecule has 0 saturated carbocycles. The van der Waals surface area contributed by atoms with E-state index in [0.29, 0.717) is 0 Å². The molecule has 0 unspecified atom stereocenters. The predicted molar refractivity (Wildman–Crippen MR) is 44.8 cm³/mol. The molecule has 0 saturated heterocycles. The standard InChI is InChI=1S/C9H7NO/c11-6-7-5-10-9-4-2-1-3-8(7)9/h1-6,10H/p+1. The van der Waals surface area contributed by atoms with Gasteiger partial charge in [0.15, 0.2) is 6.29 Å². The van der Waals surface area contributed by atoms with Crippen LogP contribution in [0.25, 0.3) is 10.9 Å². The third kappa shape index (κ3) is 0.835. The number of fused-ring (bicyclic) bond motifs is 1.